The smallest absolute Gasteiger partial charge is 0.223 e. The molecule has 0 saturated heterocycles. The van der Waals surface area contributed by atoms with Crippen molar-refractivity contribution >= 4 is 5.91 Å². The minimum absolute atomic E-state index is 0.184. The van der Waals surface area contributed by atoms with E-state index in [2.05, 4.69) is 37.4 Å². The molecular weight excluding hydrogens is 284 g/mol. The number of amides is 1. The van der Waals surface area contributed by atoms with E-state index in [-0.39, 0.29) is 11.8 Å². The van der Waals surface area contributed by atoms with Crippen molar-refractivity contribution < 1.29 is 4.79 Å². The highest BCUT2D eigenvalue weighted by atomic mass is 16.1. The summed E-state index contributed by atoms with van der Waals surface area (Å²) in [6.45, 7) is 5.00. The van der Waals surface area contributed by atoms with Gasteiger partial charge in [0, 0.05) is 18.5 Å². The number of nitrogens with one attached hydrogen (secondary N) is 1. The van der Waals surface area contributed by atoms with E-state index in [1.54, 1.807) is 0 Å². The lowest BCUT2D eigenvalue weighted by molar-refractivity contribution is -0.127. The average molecular weight is 314 g/mol. The molecule has 0 radical (unpaired) electrons. The van der Waals surface area contributed by atoms with Crippen LogP contribution in [0.1, 0.15) is 48.8 Å². The van der Waals surface area contributed by atoms with Crippen LogP contribution in [0.4, 0.5) is 0 Å². The lowest BCUT2D eigenvalue weighted by Crippen LogP contribution is -2.49. The first-order valence-electron chi connectivity index (χ1n) is 9.14. The summed E-state index contributed by atoms with van der Waals surface area (Å²) in [4.78, 5) is 12.5. The van der Waals surface area contributed by atoms with E-state index in [9.17, 15) is 4.79 Å². The van der Waals surface area contributed by atoms with Gasteiger partial charge in [0.2, 0.25) is 5.91 Å². The van der Waals surface area contributed by atoms with Gasteiger partial charge in [-0.05, 0) is 68.9 Å². The largest absolute Gasteiger partial charge is 0.356 e. The van der Waals surface area contributed by atoms with Crippen LogP contribution in [0, 0.1) is 31.6 Å². The van der Waals surface area contributed by atoms with E-state index < -0.39 is 0 Å². The topological polar surface area (TPSA) is 55.1 Å². The first-order valence-corrected chi connectivity index (χ1v) is 9.14. The van der Waals surface area contributed by atoms with E-state index in [1.165, 1.54) is 36.0 Å². The van der Waals surface area contributed by atoms with Crippen molar-refractivity contribution in [1.82, 2.24) is 5.32 Å². The molecule has 3 N–H and O–H groups in total. The van der Waals surface area contributed by atoms with Gasteiger partial charge in [0.1, 0.15) is 0 Å². The Bertz CT molecular complexity index is 555. The molecule has 0 heterocycles. The van der Waals surface area contributed by atoms with Gasteiger partial charge >= 0.3 is 0 Å². The molecule has 2 aliphatic rings. The number of carbonyl (C=O) groups excluding carboxylic acids is 1. The maximum Gasteiger partial charge on any atom is 0.223 e. The predicted molar refractivity (Wildman–Crippen MR) is 94.2 cm³/mol. The second-order valence-corrected chi connectivity index (χ2v) is 7.67. The molecule has 1 aromatic rings. The molecule has 0 spiro atoms. The highest BCUT2D eigenvalue weighted by Gasteiger charge is 2.40. The van der Waals surface area contributed by atoms with Gasteiger partial charge in [-0.15, -0.1) is 0 Å². The molecule has 0 aromatic heterocycles. The van der Waals surface area contributed by atoms with Gasteiger partial charge in [0.05, 0.1) is 0 Å². The summed E-state index contributed by atoms with van der Waals surface area (Å²) in [6, 6.07) is 6.87. The Hall–Kier alpha value is -1.35. The second kappa shape index (κ2) is 7.04. The summed E-state index contributed by atoms with van der Waals surface area (Å²) in [5.74, 6) is 1.57. The highest BCUT2D eigenvalue weighted by molar-refractivity contribution is 5.78. The maximum absolute atomic E-state index is 12.5. The molecule has 3 rings (SSSR count). The molecular formula is C20H30N2O. The Labute approximate surface area is 140 Å². The van der Waals surface area contributed by atoms with Crippen LogP contribution in [-0.4, -0.2) is 18.5 Å². The third-order valence-electron chi connectivity index (χ3n) is 5.98. The summed E-state index contributed by atoms with van der Waals surface area (Å²) in [5.41, 5.74) is 10.3. The molecule has 3 nitrogen and oxygen atoms in total. The number of fused-ring (bicyclic) bond motifs is 2. The molecule has 2 fully saturated rings. The normalized spacial score (nSPS) is 30.0. The van der Waals surface area contributed by atoms with Crippen LogP contribution in [0.2, 0.25) is 0 Å². The molecule has 2 saturated carbocycles. The fraction of sp³-hybridized carbons (Fsp3) is 0.650. The van der Waals surface area contributed by atoms with Crippen molar-refractivity contribution in [1.29, 1.82) is 0 Å². The van der Waals surface area contributed by atoms with Crippen molar-refractivity contribution in [3.05, 3.63) is 34.9 Å². The van der Waals surface area contributed by atoms with Gasteiger partial charge in [-0.1, -0.05) is 30.2 Å². The zero-order valence-electron chi connectivity index (χ0n) is 14.5. The van der Waals surface area contributed by atoms with Gasteiger partial charge in [-0.2, -0.15) is 0 Å². The first-order chi connectivity index (χ1) is 11.0. The number of carbonyl (C=O) groups is 1. The third-order valence-corrected chi connectivity index (χ3v) is 5.98. The minimum atomic E-state index is 0.184. The summed E-state index contributed by atoms with van der Waals surface area (Å²) in [6.07, 6.45) is 6.62. The molecule has 2 bridgehead atoms. The van der Waals surface area contributed by atoms with E-state index in [1.807, 2.05) is 0 Å². The number of rotatable bonds is 4. The Morgan fingerprint density at radius 3 is 2.57 bits per heavy atom. The Morgan fingerprint density at radius 2 is 1.91 bits per heavy atom. The Kier molecular flexibility index (Phi) is 5.05. The number of benzene rings is 1. The van der Waals surface area contributed by atoms with Crippen LogP contribution < -0.4 is 11.1 Å². The zero-order valence-corrected chi connectivity index (χ0v) is 14.5. The van der Waals surface area contributed by atoms with Crippen molar-refractivity contribution in [3.63, 3.8) is 0 Å². The van der Waals surface area contributed by atoms with E-state index in [4.69, 9.17) is 5.73 Å². The van der Waals surface area contributed by atoms with Crippen molar-refractivity contribution in [3.8, 4) is 0 Å². The van der Waals surface area contributed by atoms with Crippen LogP contribution >= 0.6 is 0 Å². The van der Waals surface area contributed by atoms with Gasteiger partial charge < -0.3 is 11.1 Å². The van der Waals surface area contributed by atoms with E-state index in [0.717, 1.165) is 25.8 Å². The van der Waals surface area contributed by atoms with Crippen LogP contribution in [-0.2, 0) is 11.2 Å². The summed E-state index contributed by atoms with van der Waals surface area (Å²) in [5, 5.41) is 3.17. The summed E-state index contributed by atoms with van der Waals surface area (Å²) >= 11 is 0. The summed E-state index contributed by atoms with van der Waals surface area (Å²) < 4.78 is 0. The van der Waals surface area contributed by atoms with Crippen LogP contribution in [0.5, 0.6) is 0 Å². The molecule has 2 atom stereocenters. The quantitative estimate of drug-likeness (QED) is 0.897. The molecule has 2 unspecified atom stereocenters. The predicted octanol–water partition coefficient (Wildman–Crippen LogP) is 3.12. The van der Waals surface area contributed by atoms with Gasteiger partial charge in [-0.25, -0.2) is 0 Å². The number of aryl methyl sites for hydroxylation is 2. The lowest BCUT2D eigenvalue weighted by atomic mass is 9.65. The minimum Gasteiger partial charge on any atom is -0.356 e. The van der Waals surface area contributed by atoms with Gasteiger partial charge in [0.15, 0.2) is 0 Å². The molecule has 0 aliphatic heterocycles. The molecule has 126 valence electrons. The van der Waals surface area contributed by atoms with Gasteiger partial charge in [-0.3, -0.25) is 4.79 Å². The molecule has 1 amide bonds. The van der Waals surface area contributed by atoms with Crippen molar-refractivity contribution in [2.24, 2.45) is 23.5 Å². The molecule has 2 aliphatic carbocycles. The average Bonchev–Trinajstić information content (AvgIpc) is 2.49. The molecule has 1 aromatic carbocycles. The fourth-order valence-corrected chi connectivity index (χ4v) is 4.59. The highest BCUT2D eigenvalue weighted by Crippen LogP contribution is 2.41. The van der Waals surface area contributed by atoms with Crippen molar-refractivity contribution in [2.45, 2.75) is 58.4 Å². The maximum atomic E-state index is 12.5. The number of hydrogen-bond acceptors (Lipinski definition) is 2. The number of nitrogens with two attached hydrogens (primary N) is 1. The zero-order chi connectivity index (χ0) is 16.4. The second-order valence-electron chi connectivity index (χ2n) is 7.67. The summed E-state index contributed by atoms with van der Waals surface area (Å²) in [7, 11) is 0. The third kappa shape index (κ3) is 3.77. The van der Waals surface area contributed by atoms with Crippen LogP contribution in [0.25, 0.3) is 0 Å². The monoisotopic (exact) mass is 314 g/mol. The van der Waals surface area contributed by atoms with Crippen LogP contribution in [0.3, 0.4) is 0 Å². The SMILES string of the molecule is Cc1ccc(CCNC(=O)C2CC3CCCC(C2)C3N)c(C)c1. The Balaban J connectivity index is 1.50. The van der Waals surface area contributed by atoms with Gasteiger partial charge in [0.25, 0.3) is 0 Å². The lowest BCUT2D eigenvalue weighted by Gasteiger charge is -2.43. The van der Waals surface area contributed by atoms with Crippen LogP contribution in [0.15, 0.2) is 18.2 Å². The first kappa shape index (κ1) is 16.5. The number of hydrogen-bond donors (Lipinski definition) is 2. The fourth-order valence-electron chi connectivity index (χ4n) is 4.59. The molecule has 23 heavy (non-hydrogen) atoms. The van der Waals surface area contributed by atoms with Crippen molar-refractivity contribution in [2.75, 3.05) is 6.54 Å². The Morgan fingerprint density at radius 1 is 1.22 bits per heavy atom. The molecule has 3 heteroatoms. The van der Waals surface area contributed by atoms with E-state index in [0.29, 0.717) is 17.9 Å². The standard InChI is InChI=1S/C20H30N2O/c1-13-6-7-15(14(2)10-13)8-9-22-20(23)18-11-16-4-3-5-17(12-18)19(16)21/h6-7,10,16-19H,3-5,8-9,11-12,21H2,1-2H3,(H,22,23). The van der Waals surface area contributed by atoms with E-state index >= 15 is 0 Å².